The Kier molecular flexibility index (Phi) is 5.02. The second-order valence-electron chi connectivity index (χ2n) is 4.35. The summed E-state index contributed by atoms with van der Waals surface area (Å²) in [5.41, 5.74) is -1.63. The zero-order valence-corrected chi connectivity index (χ0v) is 10.8. The van der Waals surface area contributed by atoms with Gasteiger partial charge in [0.25, 0.3) is 5.91 Å². The van der Waals surface area contributed by atoms with Gasteiger partial charge < -0.3 is 25.3 Å². The summed E-state index contributed by atoms with van der Waals surface area (Å²) in [6.45, 7) is 1.88. The minimum Gasteiger partial charge on any atom is -0.477 e. The Morgan fingerprint density at radius 1 is 1.58 bits per heavy atom. The average molecular weight is 271 g/mol. The third kappa shape index (κ3) is 4.34. The number of methoxy groups -OCH3 is 1. The Bertz CT molecular complexity index is 455. The number of carboxylic acids is 1. The summed E-state index contributed by atoms with van der Waals surface area (Å²) in [6.07, 6.45) is 1.47. The van der Waals surface area contributed by atoms with E-state index in [1.165, 1.54) is 7.11 Å². The van der Waals surface area contributed by atoms with E-state index in [1.807, 2.05) is 0 Å². The first-order valence-electron chi connectivity index (χ1n) is 5.63. The number of nitrogens with zero attached hydrogens (tertiary/aromatic N) is 1. The van der Waals surface area contributed by atoms with Gasteiger partial charge in [-0.3, -0.25) is 4.79 Å². The third-order valence-electron chi connectivity index (χ3n) is 2.54. The minimum atomic E-state index is -1.27. The Balaban J connectivity index is 2.60. The van der Waals surface area contributed by atoms with E-state index in [2.05, 4.69) is 15.3 Å². The summed E-state index contributed by atoms with van der Waals surface area (Å²) in [4.78, 5) is 28.6. The van der Waals surface area contributed by atoms with Crippen LogP contribution in [-0.4, -0.2) is 57.9 Å². The molecule has 0 aliphatic heterocycles. The number of hydrogen-bond donors (Lipinski definition) is 4. The van der Waals surface area contributed by atoms with Crippen molar-refractivity contribution >= 4 is 11.9 Å². The lowest BCUT2D eigenvalue weighted by atomic mass is 10.0. The van der Waals surface area contributed by atoms with Crippen LogP contribution in [0.5, 0.6) is 0 Å². The second kappa shape index (κ2) is 6.30. The number of carbonyl (C=O) groups excluding carboxylic acids is 1. The quantitative estimate of drug-likeness (QED) is 0.536. The van der Waals surface area contributed by atoms with Crippen molar-refractivity contribution in [1.82, 2.24) is 15.3 Å². The van der Waals surface area contributed by atoms with Gasteiger partial charge in [-0.25, -0.2) is 9.78 Å². The van der Waals surface area contributed by atoms with Crippen molar-refractivity contribution < 1.29 is 24.5 Å². The predicted octanol–water partition coefficient (Wildman–Crippen LogP) is -0.375. The van der Waals surface area contributed by atoms with Gasteiger partial charge in [-0.1, -0.05) is 0 Å². The van der Waals surface area contributed by atoms with Gasteiger partial charge in [0.05, 0.1) is 11.9 Å². The van der Waals surface area contributed by atoms with E-state index in [-0.39, 0.29) is 17.9 Å². The highest BCUT2D eigenvalue weighted by molar-refractivity contribution is 6.02. The van der Waals surface area contributed by atoms with E-state index < -0.39 is 17.5 Å². The average Bonchev–Trinajstić information content (AvgIpc) is 2.83. The molecule has 0 aliphatic rings. The van der Waals surface area contributed by atoms with Crippen molar-refractivity contribution in [2.75, 3.05) is 20.3 Å². The van der Waals surface area contributed by atoms with Crippen molar-refractivity contribution in [2.24, 2.45) is 0 Å². The fraction of sp³-hybridized carbons (Fsp3) is 0.545. The molecule has 1 rings (SSSR count). The topological polar surface area (TPSA) is 125 Å². The zero-order valence-electron chi connectivity index (χ0n) is 10.8. The molecule has 1 unspecified atom stereocenters. The van der Waals surface area contributed by atoms with Gasteiger partial charge in [0, 0.05) is 26.7 Å². The molecular weight excluding hydrogens is 254 g/mol. The molecule has 0 aromatic carbocycles. The van der Waals surface area contributed by atoms with E-state index >= 15 is 0 Å². The van der Waals surface area contributed by atoms with Crippen LogP contribution >= 0.6 is 0 Å². The van der Waals surface area contributed by atoms with Crippen LogP contribution in [0.2, 0.25) is 0 Å². The highest BCUT2D eigenvalue weighted by atomic mass is 16.5. The van der Waals surface area contributed by atoms with Crippen LogP contribution in [0.25, 0.3) is 0 Å². The fourth-order valence-electron chi connectivity index (χ4n) is 1.39. The molecule has 1 aromatic heterocycles. The number of rotatable bonds is 7. The summed E-state index contributed by atoms with van der Waals surface area (Å²) in [7, 11) is 1.51. The smallest absolute Gasteiger partial charge is 0.354 e. The molecule has 1 heterocycles. The Hall–Kier alpha value is -1.93. The molecule has 19 heavy (non-hydrogen) atoms. The molecule has 0 spiro atoms. The van der Waals surface area contributed by atoms with Gasteiger partial charge in [-0.15, -0.1) is 0 Å². The number of imidazole rings is 1. The van der Waals surface area contributed by atoms with Crippen LogP contribution in [0.15, 0.2) is 6.33 Å². The van der Waals surface area contributed by atoms with Crippen LogP contribution in [0.1, 0.15) is 34.3 Å². The number of ether oxygens (including phenoxy) is 1. The van der Waals surface area contributed by atoms with E-state index in [0.717, 1.165) is 6.33 Å². The normalized spacial score (nSPS) is 13.8. The summed E-state index contributed by atoms with van der Waals surface area (Å²) in [6, 6.07) is 0. The lowest BCUT2D eigenvalue weighted by Crippen LogP contribution is -2.41. The molecule has 0 fully saturated rings. The van der Waals surface area contributed by atoms with Crippen LogP contribution in [0, 0.1) is 0 Å². The van der Waals surface area contributed by atoms with Gasteiger partial charge in [-0.2, -0.15) is 0 Å². The molecular formula is C11H17N3O5. The molecule has 106 valence electrons. The molecule has 1 aromatic rings. The van der Waals surface area contributed by atoms with E-state index in [9.17, 15) is 14.7 Å². The van der Waals surface area contributed by atoms with Crippen LogP contribution in [-0.2, 0) is 4.74 Å². The maximum atomic E-state index is 11.8. The lowest BCUT2D eigenvalue weighted by molar-refractivity contribution is 0.0243. The number of carbonyl (C=O) groups is 2. The molecule has 4 N–H and O–H groups in total. The summed E-state index contributed by atoms with van der Waals surface area (Å²) < 4.78 is 4.84. The second-order valence-corrected chi connectivity index (χ2v) is 4.35. The fourth-order valence-corrected chi connectivity index (χ4v) is 1.39. The Morgan fingerprint density at radius 2 is 2.26 bits per heavy atom. The largest absolute Gasteiger partial charge is 0.477 e. The molecule has 0 aliphatic carbocycles. The lowest BCUT2D eigenvalue weighted by Gasteiger charge is -2.22. The monoisotopic (exact) mass is 271 g/mol. The predicted molar refractivity (Wildman–Crippen MR) is 65.0 cm³/mol. The Labute approximate surface area is 109 Å². The first-order chi connectivity index (χ1) is 8.87. The molecule has 1 amide bonds. The molecule has 0 bridgehead atoms. The van der Waals surface area contributed by atoms with Crippen molar-refractivity contribution in [3.05, 3.63) is 17.7 Å². The number of hydrogen-bond acceptors (Lipinski definition) is 5. The van der Waals surface area contributed by atoms with Gasteiger partial charge in [0.15, 0.2) is 11.4 Å². The molecule has 8 nitrogen and oxygen atoms in total. The van der Waals surface area contributed by atoms with Crippen LogP contribution in [0.3, 0.4) is 0 Å². The number of nitrogens with one attached hydrogen (secondary N) is 2. The van der Waals surface area contributed by atoms with E-state index in [4.69, 9.17) is 9.84 Å². The molecule has 8 heteroatoms. The highest BCUT2D eigenvalue weighted by Crippen LogP contribution is 2.09. The van der Waals surface area contributed by atoms with Crippen molar-refractivity contribution in [2.45, 2.75) is 18.9 Å². The molecule has 0 radical (unpaired) electrons. The number of aromatic nitrogens is 2. The highest BCUT2D eigenvalue weighted by Gasteiger charge is 2.24. The summed E-state index contributed by atoms with van der Waals surface area (Å²) in [5, 5.41) is 21.2. The summed E-state index contributed by atoms with van der Waals surface area (Å²) in [5.74, 6) is -1.93. The standard InChI is InChI=1S/C11H17N3O5/c1-11(18,3-4-19-2)5-12-9(15)7-8(10(16)17)14-6-13-7/h6,18H,3-5H2,1-2H3,(H,12,15)(H,13,14)(H,16,17). The van der Waals surface area contributed by atoms with Crippen molar-refractivity contribution in [3.8, 4) is 0 Å². The van der Waals surface area contributed by atoms with Gasteiger partial charge >= 0.3 is 5.97 Å². The van der Waals surface area contributed by atoms with E-state index in [1.54, 1.807) is 6.92 Å². The van der Waals surface area contributed by atoms with Gasteiger partial charge in [-0.05, 0) is 6.92 Å². The first kappa shape index (κ1) is 15.1. The SMILES string of the molecule is COCCC(C)(O)CNC(=O)c1nc[nH]c1C(=O)O. The number of aromatic amines is 1. The van der Waals surface area contributed by atoms with Gasteiger partial charge in [0.1, 0.15) is 0 Å². The van der Waals surface area contributed by atoms with Crippen molar-refractivity contribution in [3.63, 3.8) is 0 Å². The molecule has 0 saturated heterocycles. The Morgan fingerprint density at radius 3 is 2.84 bits per heavy atom. The molecule has 1 atom stereocenters. The minimum absolute atomic E-state index is 0.0267. The first-order valence-corrected chi connectivity index (χ1v) is 5.63. The molecule has 0 saturated carbocycles. The number of H-pyrrole nitrogens is 1. The van der Waals surface area contributed by atoms with Gasteiger partial charge in [0.2, 0.25) is 0 Å². The maximum Gasteiger partial charge on any atom is 0.354 e. The van der Waals surface area contributed by atoms with E-state index in [0.29, 0.717) is 13.0 Å². The number of amides is 1. The number of aromatic carboxylic acids is 1. The number of carboxylic acid groups (broad SMARTS) is 1. The maximum absolute atomic E-state index is 11.8. The van der Waals surface area contributed by atoms with Crippen LogP contribution < -0.4 is 5.32 Å². The zero-order chi connectivity index (χ0) is 14.5. The van der Waals surface area contributed by atoms with Crippen LogP contribution in [0.4, 0.5) is 0 Å². The number of aliphatic hydroxyl groups is 1. The summed E-state index contributed by atoms with van der Waals surface area (Å²) >= 11 is 0. The van der Waals surface area contributed by atoms with Crippen molar-refractivity contribution in [1.29, 1.82) is 0 Å². The third-order valence-corrected chi connectivity index (χ3v) is 2.54.